The molecule has 18 heavy (non-hydrogen) atoms. The van der Waals surface area contributed by atoms with Crippen LogP contribution in [-0.4, -0.2) is 27.3 Å². The van der Waals surface area contributed by atoms with Gasteiger partial charge >= 0.3 is 0 Å². The molecule has 0 aliphatic heterocycles. The highest BCUT2D eigenvalue weighted by Crippen LogP contribution is 2.08. The van der Waals surface area contributed by atoms with Crippen molar-refractivity contribution in [2.45, 2.75) is 27.3 Å². The summed E-state index contributed by atoms with van der Waals surface area (Å²) < 4.78 is 0. The number of amides is 1. The molecule has 2 N–H and O–H groups in total. The van der Waals surface area contributed by atoms with Crippen LogP contribution in [0.2, 0.25) is 0 Å². The lowest BCUT2D eigenvalue weighted by Crippen LogP contribution is -2.39. The van der Waals surface area contributed by atoms with Crippen molar-refractivity contribution >= 4 is 23.1 Å². The van der Waals surface area contributed by atoms with Crippen molar-refractivity contribution in [3.8, 4) is 0 Å². The summed E-state index contributed by atoms with van der Waals surface area (Å²) in [5.41, 5.74) is 7.33. The molecule has 0 radical (unpaired) electrons. The zero-order chi connectivity index (χ0) is 13.7. The first-order chi connectivity index (χ1) is 8.45. The Morgan fingerprint density at radius 3 is 2.72 bits per heavy atom. The molecule has 0 aromatic carbocycles. The highest BCUT2D eigenvalue weighted by molar-refractivity contribution is 7.80. The molecular weight excluding hydrogens is 246 g/mol. The number of carbonyl (C=O) groups is 1. The summed E-state index contributed by atoms with van der Waals surface area (Å²) in [6.45, 7) is 6.70. The molecule has 0 spiro atoms. The molecule has 98 valence electrons. The minimum Gasteiger partial charge on any atom is -0.393 e. The Kier molecular flexibility index (Phi) is 5.22. The summed E-state index contributed by atoms with van der Waals surface area (Å²) in [6.07, 6.45) is 0. The molecule has 1 rings (SSSR count). The van der Waals surface area contributed by atoms with Crippen LogP contribution in [0, 0.1) is 12.8 Å². The maximum absolute atomic E-state index is 12.1. The molecule has 0 aliphatic rings. The first-order valence-electron chi connectivity index (χ1n) is 5.96. The van der Waals surface area contributed by atoms with Crippen LogP contribution in [0.25, 0.3) is 0 Å². The van der Waals surface area contributed by atoms with Crippen LogP contribution in [0.15, 0.2) is 18.2 Å². The molecule has 5 heteroatoms. The summed E-state index contributed by atoms with van der Waals surface area (Å²) in [7, 11) is 0. The van der Waals surface area contributed by atoms with Crippen LogP contribution >= 0.6 is 12.2 Å². The summed E-state index contributed by atoms with van der Waals surface area (Å²) >= 11 is 4.86. The lowest BCUT2D eigenvalue weighted by molar-refractivity contribution is -0.133. The Morgan fingerprint density at radius 1 is 1.56 bits per heavy atom. The quantitative estimate of drug-likeness (QED) is 0.823. The molecule has 0 saturated heterocycles. The number of aryl methyl sites for hydroxylation is 1. The number of nitrogens with two attached hydrogens (primary N) is 1. The Labute approximate surface area is 113 Å². The van der Waals surface area contributed by atoms with E-state index in [1.807, 2.05) is 32.0 Å². The molecular formula is C13H19N3OS. The molecule has 1 atom stereocenters. The van der Waals surface area contributed by atoms with Gasteiger partial charge in [-0.05, 0) is 32.9 Å². The van der Waals surface area contributed by atoms with Gasteiger partial charge in [0.25, 0.3) is 0 Å². The SMILES string of the molecule is CCN(Cc1cccc(C)n1)C(=O)C(C)C(N)=S. The zero-order valence-electron chi connectivity index (χ0n) is 11.0. The molecule has 1 unspecified atom stereocenters. The second kappa shape index (κ2) is 6.44. The topological polar surface area (TPSA) is 59.2 Å². The van der Waals surface area contributed by atoms with Crippen LogP contribution in [0.3, 0.4) is 0 Å². The third-order valence-corrected chi connectivity index (χ3v) is 3.14. The van der Waals surface area contributed by atoms with E-state index in [-0.39, 0.29) is 10.9 Å². The monoisotopic (exact) mass is 265 g/mol. The minimum absolute atomic E-state index is 0.0479. The molecule has 1 aromatic heterocycles. The average molecular weight is 265 g/mol. The predicted octanol–water partition coefficient (Wildman–Crippen LogP) is 1.66. The van der Waals surface area contributed by atoms with Gasteiger partial charge in [-0.25, -0.2) is 0 Å². The predicted molar refractivity (Wildman–Crippen MR) is 76.0 cm³/mol. The number of rotatable bonds is 5. The minimum atomic E-state index is -0.426. The smallest absolute Gasteiger partial charge is 0.232 e. The van der Waals surface area contributed by atoms with Gasteiger partial charge in [0.15, 0.2) is 0 Å². The standard InChI is InChI=1S/C13H19N3OS/c1-4-16(13(17)10(3)12(14)18)8-11-7-5-6-9(2)15-11/h5-7,10H,4,8H2,1-3H3,(H2,14,18). The first kappa shape index (κ1) is 14.6. The lowest BCUT2D eigenvalue weighted by Gasteiger charge is -2.23. The van der Waals surface area contributed by atoms with E-state index in [9.17, 15) is 4.79 Å². The van der Waals surface area contributed by atoms with E-state index in [1.54, 1.807) is 11.8 Å². The Bertz CT molecular complexity index is 448. The van der Waals surface area contributed by atoms with Gasteiger partial charge in [0.1, 0.15) is 0 Å². The number of carbonyl (C=O) groups excluding carboxylic acids is 1. The summed E-state index contributed by atoms with van der Waals surface area (Å²) in [4.78, 5) is 18.5. The van der Waals surface area contributed by atoms with E-state index in [0.717, 1.165) is 11.4 Å². The van der Waals surface area contributed by atoms with Crippen molar-refractivity contribution in [3.63, 3.8) is 0 Å². The van der Waals surface area contributed by atoms with Gasteiger partial charge in [-0.1, -0.05) is 18.3 Å². The van der Waals surface area contributed by atoms with Gasteiger partial charge in [-0.3, -0.25) is 9.78 Å². The second-order valence-electron chi connectivity index (χ2n) is 4.25. The fraction of sp³-hybridized carbons (Fsp3) is 0.462. The van der Waals surface area contributed by atoms with Crippen LogP contribution < -0.4 is 5.73 Å². The van der Waals surface area contributed by atoms with Crippen molar-refractivity contribution in [1.82, 2.24) is 9.88 Å². The fourth-order valence-corrected chi connectivity index (χ4v) is 1.73. The van der Waals surface area contributed by atoms with E-state index in [2.05, 4.69) is 4.98 Å². The molecule has 1 aromatic rings. The molecule has 0 aliphatic carbocycles. The van der Waals surface area contributed by atoms with Gasteiger partial charge in [0.05, 0.1) is 23.1 Å². The molecule has 0 bridgehead atoms. The van der Waals surface area contributed by atoms with E-state index in [4.69, 9.17) is 18.0 Å². The van der Waals surface area contributed by atoms with Crippen molar-refractivity contribution in [2.24, 2.45) is 11.7 Å². The van der Waals surface area contributed by atoms with Crippen molar-refractivity contribution in [2.75, 3.05) is 6.54 Å². The highest BCUT2D eigenvalue weighted by Gasteiger charge is 2.21. The number of nitrogens with zero attached hydrogens (tertiary/aromatic N) is 2. The van der Waals surface area contributed by atoms with E-state index in [0.29, 0.717) is 13.1 Å². The summed E-state index contributed by atoms with van der Waals surface area (Å²) in [5, 5.41) is 0. The first-order valence-corrected chi connectivity index (χ1v) is 6.37. The normalized spacial score (nSPS) is 11.9. The molecule has 4 nitrogen and oxygen atoms in total. The van der Waals surface area contributed by atoms with E-state index in [1.165, 1.54) is 0 Å². The van der Waals surface area contributed by atoms with Crippen LogP contribution in [0.4, 0.5) is 0 Å². The Hall–Kier alpha value is -1.49. The summed E-state index contributed by atoms with van der Waals surface area (Å²) in [6, 6.07) is 5.78. The van der Waals surface area contributed by atoms with Gasteiger partial charge in [-0.15, -0.1) is 0 Å². The average Bonchev–Trinajstić information content (AvgIpc) is 2.34. The Morgan fingerprint density at radius 2 is 2.22 bits per heavy atom. The van der Waals surface area contributed by atoms with Crippen LogP contribution in [0.5, 0.6) is 0 Å². The highest BCUT2D eigenvalue weighted by atomic mass is 32.1. The van der Waals surface area contributed by atoms with E-state index >= 15 is 0 Å². The number of hydrogen-bond donors (Lipinski definition) is 1. The van der Waals surface area contributed by atoms with Gasteiger partial charge < -0.3 is 10.6 Å². The third kappa shape index (κ3) is 3.77. The zero-order valence-corrected chi connectivity index (χ0v) is 11.8. The number of aromatic nitrogens is 1. The molecule has 0 fully saturated rings. The fourth-order valence-electron chi connectivity index (χ4n) is 1.62. The van der Waals surface area contributed by atoms with Crippen LogP contribution in [0.1, 0.15) is 25.2 Å². The van der Waals surface area contributed by atoms with E-state index < -0.39 is 5.92 Å². The third-order valence-electron chi connectivity index (χ3n) is 2.79. The van der Waals surface area contributed by atoms with Gasteiger partial charge in [0, 0.05) is 12.2 Å². The summed E-state index contributed by atoms with van der Waals surface area (Å²) in [5.74, 6) is -0.474. The van der Waals surface area contributed by atoms with Crippen LogP contribution in [-0.2, 0) is 11.3 Å². The number of thiocarbonyl (C=S) groups is 1. The second-order valence-corrected chi connectivity index (χ2v) is 4.72. The molecule has 0 saturated carbocycles. The lowest BCUT2D eigenvalue weighted by atomic mass is 10.1. The number of pyridine rings is 1. The van der Waals surface area contributed by atoms with Gasteiger partial charge in [-0.2, -0.15) is 0 Å². The molecule has 1 heterocycles. The Balaban J connectivity index is 2.79. The number of hydrogen-bond acceptors (Lipinski definition) is 3. The van der Waals surface area contributed by atoms with Crippen molar-refractivity contribution in [1.29, 1.82) is 0 Å². The maximum Gasteiger partial charge on any atom is 0.232 e. The maximum atomic E-state index is 12.1. The molecule has 1 amide bonds. The van der Waals surface area contributed by atoms with Crippen molar-refractivity contribution in [3.05, 3.63) is 29.6 Å². The largest absolute Gasteiger partial charge is 0.393 e. The van der Waals surface area contributed by atoms with Crippen molar-refractivity contribution < 1.29 is 4.79 Å². The van der Waals surface area contributed by atoms with Gasteiger partial charge in [0.2, 0.25) is 5.91 Å².